The van der Waals surface area contributed by atoms with Gasteiger partial charge in [-0.3, -0.25) is 4.79 Å². The summed E-state index contributed by atoms with van der Waals surface area (Å²) in [5.74, 6) is 1.08. The molecule has 84 valence electrons. The van der Waals surface area contributed by atoms with E-state index in [1.165, 1.54) is 19.0 Å². The fourth-order valence-electron chi connectivity index (χ4n) is 3.80. The minimum Gasteiger partial charge on any atom is -0.333 e. The SMILES string of the molecule is C=CNC(=O)C1CC2CCC1(C)C2(C)C. The van der Waals surface area contributed by atoms with Gasteiger partial charge in [0.05, 0.1) is 0 Å². The van der Waals surface area contributed by atoms with Crippen molar-refractivity contribution in [1.29, 1.82) is 0 Å². The minimum absolute atomic E-state index is 0.169. The number of hydrogen-bond acceptors (Lipinski definition) is 1. The molecule has 0 aromatic rings. The Balaban J connectivity index is 2.26. The standard InChI is InChI=1S/C13H21NO/c1-5-14-11(15)10-8-9-6-7-13(10,4)12(9,2)3/h5,9-10H,1,6-8H2,2-4H3,(H,14,15). The third-order valence-electron chi connectivity index (χ3n) is 5.35. The molecule has 0 heterocycles. The van der Waals surface area contributed by atoms with Crippen molar-refractivity contribution in [2.45, 2.75) is 40.0 Å². The van der Waals surface area contributed by atoms with Crippen LogP contribution < -0.4 is 5.32 Å². The Hall–Kier alpha value is -0.790. The summed E-state index contributed by atoms with van der Waals surface area (Å²) >= 11 is 0. The smallest absolute Gasteiger partial charge is 0.227 e. The minimum atomic E-state index is 0.169. The lowest BCUT2D eigenvalue weighted by atomic mass is 9.66. The topological polar surface area (TPSA) is 29.1 Å². The van der Waals surface area contributed by atoms with Crippen LogP contribution in [-0.2, 0) is 4.79 Å². The van der Waals surface area contributed by atoms with Crippen LogP contribution in [-0.4, -0.2) is 5.91 Å². The first-order valence-electron chi connectivity index (χ1n) is 5.85. The molecule has 2 aliphatic rings. The molecule has 2 fully saturated rings. The van der Waals surface area contributed by atoms with E-state index in [0.29, 0.717) is 5.41 Å². The predicted octanol–water partition coefficient (Wildman–Crippen LogP) is 2.71. The highest BCUT2D eigenvalue weighted by Gasteiger charge is 2.62. The molecule has 0 spiro atoms. The van der Waals surface area contributed by atoms with Crippen molar-refractivity contribution in [3.63, 3.8) is 0 Å². The van der Waals surface area contributed by atoms with Crippen molar-refractivity contribution >= 4 is 5.91 Å². The van der Waals surface area contributed by atoms with Gasteiger partial charge < -0.3 is 5.32 Å². The van der Waals surface area contributed by atoms with E-state index < -0.39 is 0 Å². The maximum Gasteiger partial charge on any atom is 0.227 e. The van der Waals surface area contributed by atoms with Crippen LogP contribution in [0.4, 0.5) is 0 Å². The summed E-state index contributed by atoms with van der Waals surface area (Å²) in [7, 11) is 0. The highest BCUT2D eigenvalue weighted by Crippen LogP contribution is 2.68. The number of carbonyl (C=O) groups is 1. The number of nitrogens with one attached hydrogen (secondary N) is 1. The maximum atomic E-state index is 11.9. The van der Waals surface area contributed by atoms with Gasteiger partial charge in [0.15, 0.2) is 0 Å². The van der Waals surface area contributed by atoms with Gasteiger partial charge in [0.2, 0.25) is 5.91 Å². The molecule has 0 saturated heterocycles. The Labute approximate surface area is 92.1 Å². The van der Waals surface area contributed by atoms with Crippen molar-refractivity contribution in [1.82, 2.24) is 5.32 Å². The van der Waals surface area contributed by atoms with Gasteiger partial charge in [0.25, 0.3) is 0 Å². The summed E-state index contributed by atoms with van der Waals surface area (Å²) in [6.07, 6.45) is 5.05. The van der Waals surface area contributed by atoms with Crippen LogP contribution in [0.25, 0.3) is 0 Å². The summed E-state index contributed by atoms with van der Waals surface area (Å²) in [4.78, 5) is 11.9. The summed E-state index contributed by atoms with van der Waals surface area (Å²) in [5.41, 5.74) is 0.501. The summed E-state index contributed by atoms with van der Waals surface area (Å²) in [5, 5.41) is 2.76. The highest BCUT2D eigenvalue weighted by atomic mass is 16.1. The van der Waals surface area contributed by atoms with Gasteiger partial charge >= 0.3 is 0 Å². The van der Waals surface area contributed by atoms with E-state index in [4.69, 9.17) is 0 Å². The molecule has 2 heteroatoms. The molecule has 2 bridgehead atoms. The lowest BCUT2D eigenvalue weighted by Crippen LogP contribution is -2.40. The molecule has 1 amide bonds. The summed E-state index contributed by atoms with van der Waals surface area (Å²) in [6.45, 7) is 10.5. The third kappa shape index (κ3) is 1.20. The van der Waals surface area contributed by atoms with Crippen molar-refractivity contribution < 1.29 is 4.79 Å². The zero-order valence-electron chi connectivity index (χ0n) is 9.97. The van der Waals surface area contributed by atoms with Crippen molar-refractivity contribution in [3.8, 4) is 0 Å². The fraction of sp³-hybridized carbons (Fsp3) is 0.769. The van der Waals surface area contributed by atoms with Gasteiger partial charge in [-0.05, 0) is 42.2 Å². The van der Waals surface area contributed by atoms with Crippen LogP contribution in [0.2, 0.25) is 0 Å². The summed E-state index contributed by atoms with van der Waals surface area (Å²) in [6, 6.07) is 0. The van der Waals surface area contributed by atoms with Crippen LogP contribution in [0, 0.1) is 22.7 Å². The second kappa shape index (κ2) is 3.10. The molecular weight excluding hydrogens is 186 g/mol. The highest BCUT2D eigenvalue weighted by molar-refractivity contribution is 5.81. The molecule has 0 radical (unpaired) electrons. The van der Waals surface area contributed by atoms with Gasteiger partial charge in [-0.15, -0.1) is 0 Å². The van der Waals surface area contributed by atoms with Crippen LogP contribution in [0.5, 0.6) is 0 Å². The number of carbonyl (C=O) groups excluding carboxylic acids is 1. The van der Waals surface area contributed by atoms with Gasteiger partial charge in [0, 0.05) is 5.92 Å². The van der Waals surface area contributed by atoms with E-state index in [-0.39, 0.29) is 17.2 Å². The number of amides is 1. The van der Waals surface area contributed by atoms with E-state index in [1.807, 2.05) is 0 Å². The first-order chi connectivity index (χ1) is 6.93. The largest absolute Gasteiger partial charge is 0.333 e. The molecule has 2 rings (SSSR count). The Kier molecular flexibility index (Phi) is 2.21. The van der Waals surface area contributed by atoms with Gasteiger partial charge in [-0.1, -0.05) is 27.4 Å². The van der Waals surface area contributed by atoms with E-state index in [9.17, 15) is 4.79 Å². The Morgan fingerprint density at radius 2 is 2.13 bits per heavy atom. The average Bonchev–Trinajstić information content (AvgIpc) is 2.49. The average molecular weight is 207 g/mol. The molecule has 0 aromatic carbocycles. The maximum absolute atomic E-state index is 11.9. The molecule has 0 aromatic heterocycles. The molecule has 15 heavy (non-hydrogen) atoms. The monoisotopic (exact) mass is 207 g/mol. The first-order valence-corrected chi connectivity index (χ1v) is 5.85. The first kappa shape index (κ1) is 10.7. The lowest BCUT2D eigenvalue weighted by molar-refractivity contribution is -0.128. The van der Waals surface area contributed by atoms with Crippen LogP contribution in [0.1, 0.15) is 40.0 Å². The van der Waals surface area contributed by atoms with Gasteiger partial charge in [0.1, 0.15) is 0 Å². The number of fused-ring (bicyclic) bond motifs is 2. The Morgan fingerprint density at radius 3 is 2.53 bits per heavy atom. The van der Waals surface area contributed by atoms with Crippen molar-refractivity contribution in [2.75, 3.05) is 0 Å². The van der Waals surface area contributed by atoms with Gasteiger partial charge in [-0.2, -0.15) is 0 Å². The summed E-state index contributed by atoms with van der Waals surface area (Å²) < 4.78 is 0. The normalized spacial score (nSPS) is 41.5. The second-order valence-corrected chi connectivity index (χ2v) is 5.88. The van der Waals surface area contributed by atoms with E-state index >= 15 is 0 Å². The lowest BCUT2D eigenvalue weighted by Gasteiger charge is -2.38. The molecule has 2 nitrogen and oxygen atoms in total. The second-order valence-electron chi connectivity index (χ2n) is 5.88. The quantitative estimate of drug-likeness (QED) is 0.741. The number of rotatable bonds is 2. The molecule has 2 aliphatic carbocycles. The zero-order chi connectivity index (χ0) is 11.3. The van der Waals surface area contributed by atoms with E-state index in [0.717, 1.165) is 12.3 Å². The molecule has 0 aliphatic heterocycles. The van der Waals surface area contributed by atoms with E-state index in [2.05, 4.69) is 32.7 Å². The van der Waals surface area contributed by atoms with Crippen molar-refractivity contribution in [3.05, 3.63) is 12.8 Å². The van der Waals surface area contributed by atoms with Crippen molar-refractivity contribution in [2.24, 2.45) is 22.7 Å². The van der Waals surface area contributed by atoms with Crippen LogP contribution in [0.15, 0.2) is 12.8 Å². The molecule has 1 N–H and O–H groups in total. The Bertz CT molecular complexity index is 308. The Morgan fingerprint density at radius 1 is 1.47 bits per heavy atom. The molecule has 3 atom stereocenters. The predicted molar refractivity (Wildman–Crippen MR) is 61.1 cm³/mol. The molecule has 3 unspecified atom stereocenters. The molecule has 2 saturated carbocycles. The van der Waals surface area contributed by atoms with Gasteiger partial charge in [-0.25, -0.2) is 0 Å². The van der Waals surface area contributed by atoms with Crippen LogP contribution in [0.3, 0.4) is 0 Å². The molecular formula is C13H21NO. The fourth-order valence-corrected chi connectivity index (χ4v) is 3.80. The third-order valence-corrected chi connectivity index (χ3v) is 5.35. The van der Waals surface area contributed by atoms with E-state index in [1.54, 1.807) is 0 Å². The van der Waals surface area contributed by atoms with Crippen LogP contribution >= 0.6 is 0 Å². The number of hydrogen-bond donors (Lipinski definition) is 1. The zero-order valence-corrected chi connectivity index (χ0v) is 9.97.